The lowest BCUT2D eigenvalue weighted by Crippen LogP contribution is -2.23. The van der Waals surface area contributed by atoms with Crippen molar-refractivity contribution in [2.75, 3.05) is 12.5 Å². The van der Waals surface area contributed by atoms with Crippen molar-refractivity contribution in [3.63, 3.8) is 0 Å². The Labute approximate surface area is 59.2 Å². The van der Waals surface area contributed by atoms with Crippen LogP contribution in [0, 0.1) is 0 Å². The summed E-state index contributed by atoms with van der Waals surface area (Å²) in [5.74, 6) is 0. The summed E-state index contributed by atoms with van der Waals surface area (Å²) < 4.78 is 0.499. The van der Waals surface area contributed by atoms with Gasteiger partial charge < -0.3 is 0 Å². The Hall–Kier alpha value is 0.700. The Morgan fingerprint density at radius 1 is 1.25 bits per heavy atom. The van der Waals surface area contributed by atoms with Gasteiger partial charge in [-0.2, -0.15) is 0 Å². The lowest BCUT2D eigenvalue weighted by Gasteiger charge is -2.13. The second-order valence-corrected chi connectivity index (χ2v) is 7.70. The summed E-state index contributed by atoms with van der Waals surface area (Å²) in [5, 5.41) is 0. The van der Waals surface area contributed by atoms with Gasteiger partial charge in [-0.3, -0.25) is 0 Å². The molecular weight excluding hydrogens is 136 g/mol. The molecule has 0 radical (unpaired) electrons. The predicted molar refractivity (Wildman–Crippen MR) is 46.6 cm³/mol. The molecule has 0 fully saturated rings. The minimum atomic E-state index is 0.499. The minimum absolute atomic E-state index is 0.499. The van der Waals surface area contributed by atoms with Crippen LogP contribution >= 0.6 is 10.8 Å². The first-order valence-electron chi connectivity index (χ1n) is 2.69. The third-order valence-corrected chi connectivity index (χ3v) is 6.34. The van der Waals surface area contributed by atoms with Crippen molar-refractivity contribution < 1.29 is 0 Å². The maximum absolute atomic E-state index is 2.30. The van der Waals surface area contributed by atoms with Gasteiger partial charge in [0, 0.05) is 6.26 Å². The number of hydrogen-bond acceptors (Lipinski definition) is 1. The van der Waals surface area contributed by atoms with E-state index in [-0.39, 0.29) is 0 Å². The Balaban J connectivity index is 3.62. The molecule has 8 heavy (non-hydrogen) atoms. The van der Waals surface area contributed by atoms with Gasteiger partial charge in [0.15, 0.2) is 0 Å². The van der Waals surface area contributed by atoms with Gasteiger partial charge in [-0.25, -0.2) is 0 Å². The molecule has 1 atom stereocenters. The standard InChI is InChI=1S/C6H15S2/c1-6(2,3)8(5)7-4/h1-5H3/q+1. The van der Waals surface area contributed by atoms with E-state index in [1.165, 1.54) is 0 Å². The third-order valence-electron chi connectivity index (χ3n) is 1.11. The summed E-state index contributed by atoms with van der Waals surface area (Å²) in [5.41, 5.74) is 0. The maximum atomic E-state index is 2.30. The fraction of sp³-hybridized carbons (Fsp3) is 1.00. The molecule has 0 rings (SSSR count). The molecule has 0 saturated carbocycles. The average Bonchev–Trinajstić information content (AvgIpc) is 1.62. The van der Waals surface area contributed by atoms with E-state index in [0.717, 1.165) is 0 Å². The summed E-state index contributed by atoms with van der Waals surface area (Å²) in [6, 6.07) is 0. The molecule has 0 heterocycles. The normalized spacial score (nSPS) is 16.1. The van der Waals surface area contributed by atoms with E-state index >= 15 is 0 Å². The Kier molecular flexibility index (Phi) is 3.28. The zero-order valence-electron chi connectivity index (χ0n) is 6.32. The summed E-state index contributed by atoms with van der Waals surface area (Å²) in [6.07, 6.45) is 4.47. The van der Waals surface area contributed by atoms with Crippen molar-refractivity contribution in [1.29, 1.82) is 0 Å². The molecule has 0 nitrogen and oxygen atoms in total. The number of rotatable bonds is 1. The highest BCUT2D eigenvalue weighted by Gasteiger charge is 2.28. The highest BCUT2D eigenvalue weighted by molar-refractivity contribution is 8.74. The molecule has 0 aliphatic heterocycles. The van der Waals surface area contributed by atoms with E-state index < -0.39 is 0 Å². The van der Waals surface area contributed by atoms with E-state index in [4.69, 9.17) is 0 Å². The molecule has 0 aliphatic rings. The van der Waals surface area contributed by atoms with Crippen LogP contribution in [-0.2, 0) is 9.93 Å². The van der Waals surface area contributed by atoms with Crippen LogP contribution in [0.3, 0.4) is 0 Å². The van der Waals surface area contributed by atoms with E-state index in [2.05, 4.69) is 33.3 Å². The molecule has 2 heteroatoms. The Morgan fingerprint density at radius 3 is 1.62 bits per heavy atom. The van der Waals surface area contributed by atoms with Crippen molar-refractivity contribution in [1.82, 2.24) is 0 Å². The highest BCUT2D eigenvalue weighted by atomic mass is 33.1. The molecule has 0 aliphatic carbocycles. The van der Waals surface area contributed by atoms with Crippen LogP contribution in [0.2, 0.25) is 0 Å². The monoisotopic (exact) mass is 151 g/mol. The van der Waals surface area contributed by atoms with E-state index in [0.29, 0.717) is 14.7 Å². The molecule has 0 amide bonds. The van der Waals surface area contributed by atoms with Gasteiger partial charge in [0.05, 0.1) is 20.7 Å². The molecule has 0 aromatic heterocycles. The van der Waals surface area contributed by atoms with E-state index in [1.807, 2.05) is 10.8 Å². The molecule has 0 bridgehead atoms. The SMILES string of the molecule is CS[S+](C)C(C)(C)C. The molecule has 0 aromatic carbocycles. The van der Waals surface area contributed by atoms with Gasteiger partial charge >= 0.3 is 0 Å². The third kappa shape index (κ3) is 2.88. The summed E-state index contributed by atoms with van der Waals surface area (Å²) in [6.45, 7) is 6.85. The predicted octanol–water partition coefficient (Wildman–Crippen LogP) is 2.31. The summed E-state index contributed by atoms with van der Waals surface area (Å²) in [4.78, 5) is 0. The first-order valence-corrected chi connectivity index (χ1v) is 6.06. The largest absolute Gasteiger partial charge is 0.131 e. The van der Waals surface area contributed by atoms with Crippen LogP contribution in [0.1, 0.15) is 20.8 Å². The summed E-state index contributed by atoms with van der Waals surface area (Å²) in [7, 11) is 2.48. The van der Waals surface area contributed by atoms with Gasteiger partial charge in [0.1, 0.15) is 11.0 Å². The van der Waals surface area contributed by atoms with Gasteiger partial charge in [-0.1, -0.05) is 0 Å². The van der Waals surface area contributed by atoms with Gasteiger partial charge in [-0.15, -0.1) is 0 Å². The molecule has 0 spiro atoms. The minimum Gasteiger partial charge on any atom is -0.0136 e. The zero-order chi connectivity index (χ0) is 6.78. The molecule has 0 saturated heterocycles. The van der Waals surface area contributed by atoms with Crippen LogP contribution in [0.15, 0.2) is 0 Å². The molecule has 1 unspecified atom stereocenters. The molecule has 0 N–H and O–H groups in total. The second kappa shape index (κ2) is 3.02. The van der Waals surface area contributed by atoms with Crippen molar-refractivity contribution in [3.05, 3.63) is 0 Å². The van der Waals surface area contributed by atoms with Gasteiger partial charge in [0.25, 0.3) is 0 Å². The molecule has 0 aromatic rings. The lowest BCUT2D eigenvalue weighted by atomic mass is 10.3. The van der Waals surface area contributed by atoms with E-state index in [9.17, 15) is 0 Å². The maximum Gasteiger partial charge on any atom is 0.131 e. The fourth-order valence-corrected chi connectivity index (χ4v) is 2.25. The van der Waals surface area contributed by atoms with Crippen LogP contribution in [0.4, 0.5) is 0 Å². The Morgan fingerprint density at radius 2 is 1.62 bits per heavy atom. The number of hydrogen-bond donors (Lipinski definition) is 0. The fourth-order valence-electron chi connectivity index (χ4n) is 0.250. The van der Waals surface area contributed by atoms with Crippen LogP contribution in [-0.4, -0.2) is 17.3 Å². The second-order valence-electron chi connectivity index (χ2n) is 2.73. The molecular formula is C6H15S2+. The smallest absolute Gasteiger partial charge is 0.0136 e. The van der Waals surface area contributed by atoms with Gasteiger partial charge in [-0.05, 0) is 20.8 Å². The van der Waals surface area contributed by atoms with Crippen molar-refractivity contribution in [2.24, 2.45) is 0 Å². The zero-order valence-corrected chi connectivity index (χ0v) is 7.95. The van der Waals surface area contributed by atoms with Crippen LogP contribution < -0.4 is 0 Å². The van der Waals surface area contributed by atoms with Crippen molar-refractivity contribution in [2.45, 2.75) is 25.5 Å². The topological polar surface area (TPSA) is 0 Å². The first-order chi connectivity index (χ1) is 3.48. The van der Waals surface area contributed by atoms with E-state index in [1.54, 1.807) is 0 Å². The Bertz CT molecular complexity index is 63.4. The molecule has 50 valence electrons. The first kappa shape index (κ1) is 8.70. The van der Waals surface area contributed by atoms with Crippen LogP contribution in [0.5, 0.6) is 0 Å². The highest BCUT2D eigenvalue weighted by Crippen LogP contribution is 2.24. The average molecular weight is 151 g/mol. The quantitative estimate of drug-likeness (QED) is 0.409. The van der Waals surface area contributed by atoms with Crippen molar-refractivity contribution in [3.8, 4) is 0 Å². The van der Waals surface area contributed by atoms with Crippen molar-refractivity contribution >= 4 is 20.7 Å². The lowest BCUT2D eigenvalue weighted by molar-refractivity contribution is 0.801. The van der Waals surface area contributed by atoms with Gasteiger partial charge in [0.2, 0.25) is 0 Å². The summed E-state index contributed by atoms with van der Waals surface area (Å²) >= 11 is 0. The van der Waals surface area contributed by atoms with Crippen LogP contribution in [0.25, 0.3) is 0 Å².